The highest BCUT2D eigenvalue weighted by atomic mass is 16.1. The number of benzene rings is 1. The van der Waals surface area contributed by atoms with E-state index in [4.69, 9.17) is 5.73 Å². The summed E-state index contributed by atoms with van der Waals surface area (Å²) in [5, 5.41) is 0. The Hall–Kier alpha value is -1.35. The van der Waals surface area contributed by atoms with Crippen molar-refractivity contribution in [3.8, 4) is 0 Å². The first-order valence-electron chi connectivity index (χ1n) is 6.82. The fraction of sp³-hybridized carbons (Fsp3) is 0.533. The van der Waals surface area contributed by atoms with Gasteiger partial charge in [-0.05, 0) is 43.5 Å². The zero-order valence-corrected chi connectivity index (χ0v) is 10.9. The molecule has 3 nitrogen and oxygen atoms in total. The normalized spacial score (nSPS) is 16.7. The summed E-state index contributed by atoms with van der Waals surface area (Å²) >= 11 is 0. The predicted molar refractivity (Wildman–Crippen MR) is 73.1 cm³/mol. The molecule has 0 atom stereocenters. The van der Waals surface area contributed by atoms with Crippen LogP contribution < -0.4 is 5.73 Å². The topological polar surface area (TPSA) is 46.3 Å². The highest BCUT2D eigenvalue weighted by Gasteiger charge is 2.10. The Morgan fingerprint density at radius 2 is 1.67 bits per heavy atom. The van der Waals surface area contributed by atoms with Gasteiger partial charge in [0.25, 0.3) is 0 Å². The third-order valence-corrected chi connectivity index (χ3v) is 3.54. The van der Waals surface area contributed by atoms with E-state index >= 15 is 0 Å². The fourth-order valence-electron chi connectivity index (χ4n) is 2.45. The summed E-state index contributed by atoms with van der Waals surface area (Å²) < 4.78 is 0. The van der Waals surface area contributed by atoms with Gasteiger partial charge in [-0.2, -0.15) is 0 Å². The molecule has 0 aromatic heterocycles. The molecule has 0 bridgehead atoms. The largest absolute Gasteiger partial charge is 0.370 e. The molecule has 1 fully saturated rings. The summed E-state index contributed by atoms with van der Waals surface area (Å²) in [6, 6.07) is 8.57. The van der Waals surface area contributed by atoms with E-state index in [1.165, 1.54) is 43.5 Å². The maximum Gasteiger partial charge on any atom is 0.217 e. The number of carbonyl (C=O) groups excluding carboxylic acids is 1. The van der Waals surface area contributed by atoms with Gasteiger partial charge in [-0.1, -0.05) is 30.7 Å². The van der Waals surface area contributed by atoms with Gasteiger partial charge in [-0.15, -0.1) is 0 Å². The Morgan fingerprint density at radius 1 is 1.06 bits per heavy atom. The molecule has 2 N–H and O–H groups in total. The Labute approximate surface area is 109 Å². The molecule has 0 aliphatic carbocycles. The second kappa shape index (κ2) is 6.55. The molecular weight excluding hydrogens is 224 g/mol. The van der Waals surface area contributed by atoms with E-state index in [1.807, 2.05) is 0 Å². The fourth-order valence-corrected chi connectivity index (χ4v) is 2.45. The Kier molecular flexibility index (Phi) is 4.76. The molecule has 1 aromatic carbocycles. The molecule has 0 spiro atoms. The van der Waals surface area contributed by atoms with Gasteiger partial charge >= 0.3 is 0 Å². The third kappa shape index (κ3) is 4.15. The molecular formula is C15H22N2O. The van der Waals surface area contributed by atoms with E-state index in [2.05, 4.69) is 29.2 Å². The molecule has 1 saturated heterocycles. The number of nitrogens with zero attached hydrogens (tertiary/aromatic N) is 1. The van der Waals surface area contributed by atoms with Crippen LogP contribution in [0.4, 0.5) is 0 Å². The lowest BCUT2D eigenvalue weighted by atomic mass is 10.1. The smallest absolute Gasteiger partial charge is 0.217 e. The molecule has 98 valence electrons. The lowest BCUT2D eigenvalue weighted by Crippen LogP contribution is -2.29. The van der Waals surface area contributed by atoms with Crippen LogP contribution >= 0.6 is 0 Å². The maximum absolute atomic E-state index is 10.7. The van der Waals surface area contributed by atoms with Crippen molar-refractivity contribution >= 4 is 5.91 Å². The van der Waals surface area contributed by atoms with Gasteiger partial charge in [0.1, 0.15) is 0 Å². The van der Waals surface area contributed by atoms with Gasteiger partial charge in [-0.3, -0.25) is 9.69 Å². The highest BCUT2D eigenvalue weighted by molar-refractivity contribution is 5.73. The number of primary amides is 1. The van der Waals surface area contributed by atoms with E-state index in [0.29, 0.717) is 6.42 Å². The minimum atomic E-state index is -0.229. The molecule has 1 aliphatic rings. The highest BCUT2D eigenvalue weighted by Crippen LogP contribution is 2.14. The zero-order valence-electron chi connectivity index (χ0n) is 10.9. The van der Waals surface area contributed by atoms with E-state index in [9.17, 15) is 4.79 Å². The van der Waals surface area contributed by atoms with E-state index in [1.54, 1.807) is 0 Å². The van der Waals surface area contributed by atoms with Crippen LogP contribution in [0.5, 0.6) is 0 Å². The standard InChI is InChI=1S/C15H22N2O/c16-15(18)9-8-13-4-6-14(7-5-13)12-17-10-2-1-3-11-17/h4-7H,1-3,8-12H2,(H2,16,18). The molecule has 1 aliphatic heterocycles. The predicted octanol–water partition coefficient (Wildman–Crippen LogP) is 2.09. The zero-order chi connectivity index (χ0) is 12.8. The number of hydrogen-bond donors (Lipinski definition) is 1. The van der Waals surface area contributed by atoms with Crippen molar-refractivity contribution in [1.82, 2.24) is 4.90 Å². The number of carbonyl (C=O) groups is 1. The number of amides is 1. The lowest BCUT2D eigenvalue weighted by molar-refractivity contribution is -0.117. The Balaban J connectivity index is 1.84. The summed E-state index contributed by atoms with van der Waals surface area (Å²) in [5.74, 6) is -0.229. The first-order valence-corrected chi connectivity index (χ1v) is 6.82. The van der Waals surface area contributed by atoms with Gasteiger partial charge < -0.3 is 5.73 Å². The van der Waals surface area contributed by atoms with Crippen molar-refractivity contribution in [2.45, 2.75) is 38.6 Å². The summed E-state index contributed by atoms with van der Waals surface area (Å²) in [7, 11) is 0. The van der Waals surface area contributed by atoms with Crippen LogP contribution in [0.1, 0.15) is 36.8 Å². The summed E-state index contributed by atoms with van der Waals surface area (Å²) in [6.07, 6.45) is 5.22. The number of aryl methyl sites for hydroxylation is 1. The van der Waals surface area contributed by atoms with Crippen molar-refractivity contribution in [1.29, 1.82) is 0 Å². The molecule has 0 radical (unpaired) electrons. The van der Waals surface area contributed by atoms with Crippen LogP contribution in [0.15, 0.2) is 24.3 Å². The molecule has 1 amide bonds. The minimum absolute atomic E-state index is 0.229. The molecule has 1 aromatic rings. The van der Waals surface area contributed by atoms with Gasteiger partial charge in [0.2, 0.25) is 5.91 Å². The second-order valence-corrected chi connectivity index (χ2v) is 5.12. The summed E-state index contributed by atoms with van der Waals surface area (Å²) in [6.45, 7) is 3.50. The molecule has 2 rings (SSSR count). The number of nitrogens with two attached hydrogens (primary N) is 1. The van der Waals surface area contributed by atoms with E-state index < -0.39 is 0 Å². The van der Waals surface area contributed by atoms with Crippen LogP contribution in [-0.4, -0.2) is 23.9 Å². The Bertz CT molecular complexity index is 380. The van der Waals surface area contributed by atoms with Crippen LogP contribution in [-0.2, 0) is 17.8 Å². The number of hydrogen-bond acceptors (Lipinski definition) is 2. The summed E-state index contributed by atoms with van der Waals surface area (Å²) in [5.41, 5.74) is 7.70. The van der Waals surface area contributed by atoms with Gasteiger partial charge in [0.15, 0.2) is 0 Å². The van der Waals surface area contributed by atoms with Gasteiger partial charge in [0, 0.05) is 13.0 Å². The molecule has 0 unspecified atom stereocenters. The quantitative estimate of drug-likeness (QED) is 0.864. The first kappa shape index (κ1) is 13.1. The summed E-state index contributed by atoms with van der Waals surface area (Å²) in [4.78, 5) is 13.2. The average molecular weight is 246 g/mol. The molecule has 1 heterocycles. The van der Waals surface area contributed by atoms with E-state index in [0.717, 1.165) is 13.0 Å². The van der Waals surface area contributed by atoms with Crippen LogP contribution in [0.3, 0.4) is 0 Å². The monoisotopic (exact) mass is 246 g/mol. The molecule has 18 heavy (non-hydrogen) atoms. The van der Waals surface area contributed by atoms with Crippen molar-refractivity contribution in [2.75, 3.05) is 13.1 Å². The minimum Gasteiger partial charge on any atom is -0.370 e. The second-order valence-electron chi connectivity index (χ2n) is 5.12. The van der Waals surface area contributed by atoms with Crippen LogP contribution in [0.25, 0.3) is 0 Å². The number of rotatable bonds is 5. The van der Waals surface area contributed by atoms with Gasteiger partial charge in [0.05, 0.1) is 0 Å². The van der Waals surface area contributed by atoms with Crippen molar-refractivity contribution in [2.24, 2.45) is 5.73 Å². The van der Waals surface area contributed by atoms with Crippen molar-refractivity contribution in [3.63, 3.8) is 0 Å². The van der Waals surface area contributed by atoms with Crippen molar-refractivity contribution in [3.05, 3.63) is 35.4 Å². The first-order chi connectivity index (χ1) is 8.74. The average Bonchev–Trinajstić information content (AvgIpc) is 2.39. The van der Waals surface area contributed by atoms with Crippen LogP contribution in [0.2, 0.25) is 0 Å². The lowest BCUT2D eigenvalue weighted by Gasteiger charge is -2.26. The third-order valence-electron chi connectivity index (χ3n) is 3.54. The van der Waals surface area contributed by atoms with Gasteiger partial charge in [-0.25, -0.2) is 0 Å². The number of likely N-dealkylation sites (tertiary alicyclic amines) is 1. The van der Waals surface area contributed by atoms with E-state index in [-0.39, 0.29) is 5.91 Å². The number of piperidine rings is 1. The molecule has 0 saturated carbocycles. The Morgan fingerprint density at radius 3 is 2.28 bits per heavy atom. The van der Waals surface area contributed by atoms with Crippen LogP contribution in [0, 0.1) is 0 Å². The van der Waals surface area contributed by atoms with Crippen molar-refractivity contribution < 1.29 is 4.79 Å². The SMILES string of the molecule is NC(=O)CCc1ccc(CN2CCCCC2)cc1. The maximum atomic E-state index is 10.7. The molecule has 3 heteroatoms.